The first-order chi connectivity index (χ1) is 10.6. The van der Waals surface area contributed by atoms with Crippen molar-refractivity contribution in [2.24, 2.45) is 0 Å². The fourth-order valence-corrected chi connectivity index (χ4v) is 2.51. The van der Waals surface area contributed by atoms with Crippen molar-refractivity contribution in [1.29, 1.82) is 0 Å². The van der Waals surface area contributed by atoms with Crippen LogP contribution in [-0.2, 0) is 0 Å². The monoisotopic (exact) mass is 338 g/mol. The fourth-order valence-electron chi connectivity index (χ4n) is 2.22. The van der Waals surface area contributed by atoms with E-state index in [1.165, 1.54) is 0 Å². The van der Waals surface area contributed by atoms with E-state index in [1.54, 1.807) is 18.3 Å². The second-order valence-electron chi connectivity index (χ2n) is 5.19. The minimum atomic E-state index is 0.493. The molecule has 0 amide bonds. The van der Waals surface area contributed by atoms with Gasteiger partial charge in [-0.3, -0.25) is 0 Å². The van der Waals surface area contributed by atoms with Crippen molar-refractivity contribution in [3.8, 4) is 0 Å². The van der Waals surface area contributed by atoms with Crippen LogP contribution in [0.15, 0.2) is 24.4 Å². The number of nitrogens with one attached hydrogen (secondary N) is 1. The molecule has 1 aromatic carbocycles. The van der Waals surface area contributed by atoms with Crippen LogP contribution >= 0.6 is 23.2 Å². The molecule has 0 unspecified atom stereocenters. The molecule has 2 heterocycles. The number of likely N-dealkylation sites (N-methyl/N-ethyl adjacent to an activating group) is 1. The average molecular weight is 339 g/mol. The Morgan fingerprint density at radius 1 is 1.09 bits per heavy atom. The molecule has 0 bridgehead atoms. The zero-order valence-electron chi connectivity index (χ0n) is 12.1. The van der Waals surface area contributed by atoms with Gasteiger partial charge in [-0.25, -0.2) is 0 Å². The molecule has 0 aliphatic carbocycles. The number of halogens is 2. The minimum Gasteiger partial charge on any atom is -0.339 e. The second-order valence-corrected chi connectivity index (χ2v) is 6.00. The van der Waals surface area contributed by atoms with Gasteiger partial charge in [-0.2, -0.15) is 10.1 Å². The predicted molar refractivity (Wildman–Crippen MR) is 89.3 cm³/mol. The van der Waals surface area contributed by atoms with E-state index in [2.05, 4.69) is 37.3 Å². The van der Waals surface area contributed by atoms with E-state index in [1.807, 2.05) is 6.07 Å². The Morgan fingerprint density at radius 2 is 1.86 bits per heavy atom. The highest BCUT2D eigenvalue weighted by molar-refractivity contribution is 6.42. The summed E-state index contributed by atoms with van der Waals surface area (Å²) < 4.78 is 0. The smallest absolute Gasteiger partial charge is 0.247 e. The maximum Gasteiger partial charge on any atom is 0.247 e. The number of hydrogen-bond donors (Lipinski definition) is 1. The largest absolute Gasteiger partial charge is 0.339 e. The Hall–Kier alpha value is -1.63. The zero-order valence-corrected chi connectivity index (χ0v) is 13.6. The Morgan fingerprint density at radius 3 is 2.59 bits per heavy atom. The second kappa shape index (κ2) is 6.64. The van der Waals surface area contributed by atoms with Crippen LogP contribution in [0.1, 0.15) is 0 Å². The van der Waals surface area contributed by atoms with Crippen molar-refractivity contribution < 1.29 is 0 Å². The van der Waals surface area contributed by atoms with Gasteiger partial charge < -0.3 is 15.1 Å². The highest BCUT2D eigenvalue weighted by Gasteiger charge is 2.17. The van der Waals surface area contributed by atoms with Gasteiger partial charge in [-0.1, -0.05) is 23.2 Å². The fraction of sp³-hybridized carbons (Fsp3) is 0.357. The average Bonchev–Trinajstić information content (AvgIpc) is 2.52. The summed E-state index contributed by atoms with van der Waals surface area (Å²) in [6, 6.07) is 5.33. The highest BCUT2D eigenvalue weighted by Crippen LogP contribution is 2.26. The zero-order chi connectivity index (χ0) is 15.5. The molecule has 0 spiro atoms. The molecule has 1 N–H and O–H groups in total. The Bertz CT molecular complexity index is 658. The first kappa shape index (κ1) is 15.3. The van der Waals surface area contributed by atoms with Crippen molar-refractivity contribution in [3.05, 3.63) is 34.4 Å². The Balaban J connectivity index is 1.74. The summed E-state index contributed by atoms with van der Waals surface area (Å²) in [7, 11) is 2.11. The quantitative estimate of drug-likeness (QED) is 0.928. The van der Waals surface area contributed by atoms with Crippen LogP contribution in [-0.4, -0.2) is 53.3 Å². The lowest BCUT2D eigenvalue weighted by Gasteiger charge is -2.32. The molecule has 1 aromatic heterocycles. The van der Waals surface area contributed by atoms with Gasteiger partial charge in [-0.15, -0.1) is 5.10 Å². The number of rotatable bonds is 3. The van der Waals surface area contributed by atoms with Gasteiger partial charge >= 0.3 is 0 Å². The van der Waals surface area contributed by atoms with Gasteiger partial charge in [0.15, 0.2) is 5.82 Å². The van der Waals surface area contributed by atoms with Crippen molar-refractivity contribution in [2.45, 2.75) is 0 Å². The molecule has 22 heavy (non-hydrogen) atoms. The van der Waals surface area contributed by atoms with Crippen LogP contribution < -0.4 is 10.2 Å². The van der Waals surface area contributed by atoms with Crippen LogP contribution in [0.5, 0.6) is 0 Å². The lowest BCUT2D eigenvalue weighted by Crippen LogP contribution is -2.45. The first-order valence-electron chi connectivity index (χ1n) is 6.97. The molecular formula is C14H16Cl2N6. The number of hydrogen-bond acceptors (Lipinski definition) is 6. The molecule has 3 rings (SSSR count). The molecule has 1 aliphatic heterocycles. The number of piperazine rings is 1. The van der Waals surface area contributed by atoms with Gasteiger partial charge in [0.25, 0.3) is 0 Å². The van der Waals surface area contributed by atoms with Crippen molar-refractivity contribution in [2.75, 3.05) is 43.4 Å². The molecule has 1 fully saturated rings. The maximum atomic E-state index is 6.01. The number of anilines is 3. The van der Waals surface area contributed by atoms with E-state index in [9.17, 15) is 0 Å². The molecule has 0 radical (unpaired) electrons. The number of aromatic nitrogens is 3. The molecule has 6 nitrogen and oxygen atoms in total. The van der Waals surface area contributed by atoms with Gasteiger partial charge in [0.2, 0.25) is 5.95 Å². The van der Waals surface area contributed by atoms with Crippen LogP contribution in [0.3, 0.4) is 0 Å². The SMILES string of the molecule is CN1CCN(c2nncc(Nc3ccc(Cl)c(Cl)c3)n2)CC1. The topological polar surface area (TPSA) is 57.2 Å². The van der Waals surface area contributed by atoms with Gasteiger partial charge in [0, 0.05) is 31.9 Å². The lowest BCUT2D eigenvalue weighted by atomic mass is 10.3. The molecule has 1 aliphatic rings. The van der Waals surface area contributed by atoms with Crippen LogP contribution in [0.2, 0.25) is 10.0 Å². The van der Waals surface area contributed by atoms with Gasteiger partial charge in [0.05, 0.1) is 16.2 Å². The van der Waals surface area contributed by atoms with E-state index in [0.717, 1.165) is 31.9 Å². The number of benzene rings is 1. The molecule has 2 aromatic rings. The summed E-state index contributed by atoms with van der Waals surface area (Å²) in [6.45, 7) is 3.78. The van der Waals surface area contributed by atoms with Crippen molar-refractivity contribution >= 4 is 40.7 Å². The molecule has 8 heteroatoms. The predicted octanol–water partition coefficient (Wildman–Crippen LogP) is 2.67. The Kier molecular flexibility index (Phi) is 4.61. The third kappa shape index (κ3) is 3.58. The van der Waals surface area contributed by atoms with E-state index >= 15 is 0 Å². The molecule has 1 saturated heterocycles. The minimum absolute atomic E-state index is 0.493. The summed E-state index contributed by atoms with van der Waals surface area (Å²) in [6.07, 6.45) is 1.59. The summed E-state index contributed by atoms with van der Waals surface area (Å²) >= 11 is 11.9. The normalized spacial score (nSPS) is 15.9. The number of nitrogens with zero attached hydrogens (tertiary/aromatic N) is 5. The first-order valence-corrected chi connectivity index (χ1v) is 7.73. The molecule has 116 valence electrons. The van der Waals surface area contributed by atoms with Crippen LogP contribution in [0, 0.1) is 0 Å². The van der Waals surface area contributed by atoms with E-state index < -0.39 is 0 Å². The third-order valence-corrected chi connectivity index (χ3v) is 4.26. The third-order valence-electron chi connectivity index (χ3n) is 3.53. The highest BCUT2D eigenvalue weighted by atomic mass is 35.5. The van der Waals surface area contributed by atoms with Crippen molar-refractivity contribution in [1.82, 2.24) is 20.1 Å². The summed E-state index contributed by atoms with van der Waals surface area (Å²) in [5.74, 6) is 1.26. The van der Waals surface area contributed by atoms with Crippen LogP contribution in [0.25, 0.3) is 0 Å². The van der Waals surface area contributed by atoms with E-state index in [0.29, 0.717) is 21.8 Å². The van der Waals surface area contributed by atoms with Gasteiger partial charge in [0.1, 0.15) is 0 Å². The summed E-state index contributed by atoms with van der Waals surface area (Å²) in [4.78, 5) is 8.93. The standard InChI is InChI=1S/C14H16Cl2N6/c1-21-4-6-22(7-5-21)14-19-13(9-17-20-14)18-10-2-3-11(15)12(16)8-10/h2-3,8-9H,4-7H2,1H3,(H,18,19,20). The molecule has 0 atom stereocenters. The van der Waals surface area contributed by atoms with Gasteiger partial charge in [-0.05, 0) is 25.2 Å². The van der Waals surface area contributed by atoms with E-state index in [-0.39, 0.29) is 0 Å². The lowest BCUT2D eigenvalue weighted by molar-refractivity contribution is 0.311. The van der Waals surface area contributed by atoms with E-state index in [4.69, 9.17) is 23.2 Å². The van der Waals surface area contributed by atoms with Crippen LogP contribution in [0.4, 0.5) is 17.5 Å². The summed E-state index contributed by atoms with van der Waals surface area (Å²) in [5, 5.41) is 12.3. The molecule has 0 saturated carbocycles. The summed E-state index contributed by atoms with van der Waals surface area (Å²) in [5.41, 5.74) is 0.805. The Labute approximate surface area is 139 Å². The maximum absolute atomic E-state index is 6.01. The van der Waals surface area contributed by atoms with Crippen molar-refractivity contribution in [3.63, 3.8) is 0 Å². The molecular weight excluding hydrogens is 323 g/mol.